The molecular weight excluding hydrogens is 383 g/mol. The van der Waals surface area contributed by atoms with Crippen molar-refractivity contribution in [1.29, 1.82) is 5.26 Å². The van der Waals surface area contributed by atoms with E-state index in [9.17, 15) is 18.4 Å². The number of pyridine rings is 2. The fourth-order valence-corrected chi connectivity index (χ4v) is 2.86. The van der Waals surface area contributed by atoms with E-state index in [2.05, 4.69) is 24.9 Å². The molecule has 4 aromatic rings. The average Bonchev–Trinajstić information content (AvgIpc) is 3.16. The zero-order valence-corrected chi connectivity index (χ0v) is 14.9. The Morgan fingerprint density at radius 1 is 1.14 bits per heavy atom. The Morgan fingerprint density at radius 3 is 2.59 bits per heavy atom. The number of hydrogen-bond acceptors (Lipinski definition) is 6. The van der Waals surface area contributed by atoms with Crippen LogP contribution in [0.2, 0.25) is 0 Å². The molecule has 0 bridgehead atoms. The fraction of sp³-hybridized carbons (Fsp3) is 0.105. The molecule has 4 heterocycles. The fourth-order valence-electron chi connectivity index (χ4n) is 2.86. The van der Waals surface area contributed by atoms with Crippen LogP contribution < -0.4 is 4.90 Å². The summed E-state index contributed by atoms with van der Waals surface area (Å²) in [6.07, 6.45) is 2.27. The van der Waals surface area contributed by atoms with Crippen LogP contribution in [0.15, 0.2) is 49.2 Å². The van der Waals surface area contributed by atoms with Crippen LogP contribution in [-0.4, -0.2) is 32.0 Å². The third-order valence-corrected chi connectivity index (χ3v) is 4.36. The number of fused-ring (bicyclic) bond motifs is 1. The molecule has 0 aliphatic carbocycles. The number of alkyl halides is 3. The van der Waals surface area contributed by atoms with Crippen LogP contribution in [0.5, 0.6) is 0 Å². The van der Waals surface area contributed by atoms with Gasteiger partial charge >= 0.3 is 6.18 Å². The molecular formula is C19H12F3N7. The van der Waals surface area contributed by atoms with Gasteiger partial charge in [-0.1, -0.05) is 0 Å². The van der Waals surface area contributed by atoms with Gasteiger partial charge in [-0.2, -0.15) is 18.4 Å². The summed E-state index contributed by atoms with van der Waals surface area (Å²) in [4.78, 5) is 20.9. The van der Waals surface area contributed by atoms with Gasteiger partial charge in [0.1, 0.15) is 11.7 Å². The van der Waals surface area contributed by atoms with Gasteiger partial charge in [-0.05, 0) is 18.2 Å². The number of aromatic nitrogens is 5. The lowest BCUT2D eigenvalue weighted by Crippen LogP contribution is -2.13. The number of nitriles is 1. The predicted molar refractivity (Wildman–Crippen MR) is 99.1 cm³/mol. The van der Waals surface area contributed by atoms with Crippen molar-refractivity contribution in [3.05, 3.63) is 60.3 Å². The standard InChI is InChI=1S/C19H12F3N7/c1-29(13-2-4-24-5-3-13)18-27-8-11(7-23)16(28-18)15-10-26-17-14(15)6-12(9-25-17)19(20,21)22/h2-6,8-10H,1H3,(H,25,26). The third-order valence-electron chi connectivity index (χ3n) is 4.36. The van der Waals surface area contributed by atoms with Crippen molar-refractivity contribution < 1.29 is 13.2 Å². The lowest BCUT2D eigenvalue weighted by atomic mass is 10.1. The van der Waals surface area contributed by atoms with Crippen LogP contribution in [-0.2, 0) is 6.18 Å². The van der Waals surface area contributed by atoms with Crippen molar-refractivity contribution in [2.24, 2.45) is 0 Å². The molecule has 1 N–H and O–H groups in total. The van der Waals surface area contributed by atoms with Gasteiger partial charge in [0.2, 0.25) is 5.95 Å². The van der Waals surface area contributed by atoms with Crippen LogP contribution in [0.1, 0.15) is 11.1 Å². The van der Waals surface area contributed by atoms with E-state index in [-0.39, 0.29) is 28.2 Å². The number of halogens is 3. The largest absolute Gasteiger partial charge is 0.417 e. The molecule has 0 fully saturated rings. The normalized spacial score (nSPS) is 11.4. The number of anilines is 2. The van der Waals surface area contributed by atoms with E-state index < -0.39 is 11.7 Å². The minimum atomic E-state index is -4.54. The van der Waals surface area contributed by atoms with Crippen molar-refractivity contribution >= 4 is 22.7 Å². The second-order valence-electron chi connectivity index (χ2n) is 6.13. The molecule has 0 unspecified atom stereocenters. The first-order valence-corrected chi connectivity index (χ1v) is 8.34. The van der Waals surface area contributed by atoms with E-state index in [1.165, 1.54) is 12.4 Å². The first-order valence-electron chi connectivity index (χ1n) is 8.34. The number of nitrogens with zero attached hydrogens (tertiary/aromatic N) is 6. The quantitative estimate of drug-likeness (QED) is 0.562. The summed E-state index contributed by atoms with van der Waals surface area (Å²) in [5.74, 6) is 0.277. The Balaban J connectivity index is 1.87. The minimum Gasteiger partial charge on any atom is -0.345 e. The van der Waals surface area contributed by atoms with Crippen molar-refractivity contribution in [3.63, 3.8) is 0 Å². The Labute approximate surface area is 162 Å². The molecule has 0 saturated heterocycles. The second-order valence-corrected chi connectivity index (χ2v) is 6.13. The summed E-state index contributed by atoms with van der Waals surface area (Å²) in [6, 6.07) is 6.49. The van der Waals surface area contributed by atoms with Crippen molar-refractivity contribution in [1.82, 2.24) is 24.9 Å². The van der Waals surface area contributed by atoms with Crippen LogP contribution >= 0.6 is 0 Å². The molecule has 0 amide bonds. The monoisotopic (exact) mass is 395 g/mol. The molecule has 29 heavy (non-hydrogen) atoms. The Morgan fingerprint density at radius 2 is 1.90 bits per heavy atom. The molecule has 0 saturated carbocycles. The van der Waals surface area contributed by atoms with Crippen LogP contribution in [0, 0.1) is 11.3 Å². The third kappa shape index (κ3) is 3.34. The number of hydrogen-bond donors (Lipinski definition) is 1. The lowest BCUT2D eigenvalue weighted by Gasteiger charge is -2.17. The average molecular weight is 395 g/mol. The topological polar surface area (TPSA) is 94.4 Å². The van der Waals surface area contributed by atoms with Gasteiger partial charge in [-0.25, -0.2) is 15.0 Å². The van der Waals surface area contributed by atoms with Crippen molar-refractivity contribution in [3.8, 4) is 17.3 Å². The highest BCUT2D eigenvalue weighted by Gasteiger charge is 2.31. The SMILES string of the molecule is CN(c1ccncc1)c1ncc(C#N)c(-c2c[nH]c3ncc(C(F)(F)F)cc23)n1. The van der Waals surface area contributed by atoms with Crippen LogP contribution in [0.25, 0.3) is 22.3 Å². The highest BCUT2D eigenvalue weighted by Crippen LogP contribution is 2.35. The van der Waals surface area contributed by atoms with Crippen molar-refractivity contribution in [2.75, 3.05) is 11.9 Å². The predicted octanol–water partition coefficient (Wildman–Crippen LogP) is 4.07. The summed E-state index contributed by atoms with van der Waals surface area (Å²) >= 11 is 0. The molecule has 0 aliphatic heterocycles. The molecule has 4 aromatic heterocycles. The number of H-pyrrole nitrogens is 1. The van der Waals surface area contributed by atoms with E-state index in [4.69, 9.17) is 0 Å². The Bertz CT molecular complexity index is 1230. The van der Waals surface area contributed by atoms with Crippen molar-refractivity contribution in [2.45, 2.75) is 6.18 Å². The van der Waals surface area contributed by atoms with Gasteiger partial charge in [0.25, 0.3) is 0 Å². The molecule has 0 spiro atoms. The zero-order chi connectivity index (χ0) is 20.6. The van der Waals surface area contributed by atoms with Gasteiger partial charge in [-0.15, -0.1) is 0 Å². The molecule has 144 valence electrons. The van der Waals surface area contributed by atoms with Crippen LogP contribution in [0.3, 0.4) is 0 Å². The molecule has 0 radical (unpaired) electrons. The summed E-state index contributed by atoms with van der Waals surface area (Å²) in [5.41, 5.74) is 0.825. The maximum Gasteiger partial charge on any atom is 0.417 e. The smallest absolute Gasteiger partial charge is 0.345 e. The first kappa shape index (κ1) is 18.4. The summed E-state index contributed by atoms with van der Waals surface area (Å²) in [7, 11) is 1.74. The lowest BCUT2D eigenvalue weighted by molar-refractivity contribution is -0.137. The van der Waals surface area contributed by atoms with E-state index >= 15 is 0 Å². The van der Waals surface area contributed by atoms with Gasteiger partial charge < -0.3 is 9.88 Å². The molecule has 4 rings (SSSR count). The Hall–Kier alpha value is -4.00. The minimum absolute atomic E-state index is 0.134. The van der Waals surface area contributed by atoms with E-state index in [0.717, 1.165) is 18.0 Å². The highest BCUT2D eigenvalue weighted by atomic mass is 19.4. The number of aromatic amines is 1. The second kappa shape index (κ2) is 6.87. The maximum atomic E-state index is 13.1. The first-order chi connectivity index (χ1) is 13.9. The van der Waals surface area contributed by atoms with E-state index in [1.54, 1.807) is 36.5 Å². The summed E-state index contributed by atoms with van der Waals surface area (Å²) in [5, 5.41) is 9.68. The highest BCUT2D eigenvalue weighted by molar-refractivity contribution is 5.94. The summed E-state index contributed by atoms with van der Waals surface area (Å²) in [6.45, 7) is 0. The van der Waals surface area contributed by atoms with Gasteiger partial charge in [0.15, 0.2) is 0 Å². The van der Waals surface area contributed by atoms with E-state index in [1.807, 2.05) is 6.07 Å². The molecule has 0 atom stereocenters. The number of nitrogens with one attached hydrogen (secondary N) is 1. The van der Waals surface area contributed by atoms with Gasteiger partial charge in [0.05, 0.1) is 23.0 Å². The van der Waals surface area contributed by atoms with Gasteiger partial charge in [0, 0.05) is 48.5 Å². The Kier molecular flexibility index (Phi) is 4.35. The summed E-state index contributed by atoms with van der Waals surface area (Å²) < 4.78 is 39.4. The van der Waals surface area contributed by atoms with Crippen LogP contribution in [0.4, 0.5) is 24.8 Å². The molecule has 0 aromatic carbocycles. The molecule has 10 heteroatoms. The maximum absolute atomic E-state index is 13.1. The molecule has 0 aliphatic rings. The van der Waals surface area contributed by atoms with Gasteiger partial charge in [-0.3, -0.25) is 4.98 Å². The molecule has 7 nitrogen and oxygen atoms in total. The van der Waals surface area contributed by atoms with E-state index in [0.29, 0.717) is 5.56 Å². The zero-order valence-electron chi connectivity index (χ0n) is 14.9. The number of rotatable bonds is 3.